The standard InChI is InChI=1S/C13H19N3O2/c14-10-6-3-1-2-5-9(10)13(18)16-12-11(17)7-4-8-15-12/h4,7-10,17H,1-3,5-6,14H2,(H,15,16,18). The van der Waals surface area contributed by atoms with Gasteiger partial charge in [0.05, 0.1) is 5.92 Å². The van der Waals surface area contributed by atoms with Crippen LogP contribution in [0.3, 0.4) is 0 Å². The Morgan fingerprint density at radius 1 is 1.39 bits per heavy atom. The molecule has 5 heteroatoms. The summed E-state index contributed by atoms with van der Waals surface area (Å²) in [7, 11) is 0. The number of rotatable bonds is 2. The Labute approximate surface area is 106 Å². The Morgan fingerprint density at radius 2 is 2.17 bits per heavy atom. The number of hydrogen-bond acceptors (Lipinski definition) is 4. The fourth-order valence-corrected chi connectivity index (χ4v) is 2.36. The van der Waals surface area contributed by atoms with E-state index in [4.69, 9.17) is 5.73 Å². The van der Waals surface area contributed by atoms with E-state index in [0.29, 0.717) is 0 Å². The van der Waals surface area contributed by atoms with Crippen LogP contribution in [0.4, 0.5) is 5.82 Å². The minimum Gasteiger partial charge on any atom is -0.504 e. The van der Waals surface area contributed by atoms with E-state index in [2.05, 4.69) is 10.3 Å². The summed E-state index contributed by atoms with van der Waals surface area (Å²) in [6, 6.07) is 3.01. The average Bonchev–Trinajstić information content (AvgIpc) is 2.57. The quantitative estimate of drug-likeness (QED) is 0.695. The maximum atomic E-state index is 12.1. The predicted molar refractivity (Wildman–Crippen MR) is 69.1 cm³/mol. The Morgan fingerprint density at radius 3 is 2.94 bits per heavy atom. The Kier molecular flexibility index (Phi) is 4.15. The smallest absolute Gasteiger partial charge is 0.230 e. The molecule has 1 heterocycles. The molecule has 2 atom stereocenters. The van der Waals surface area contributed by atoms with Gasteiger partial charge in [-0.25, -0.2) is 4.98 Å². The van der Waals surface area contributed by atoms with Crippen LogP contribution in [-0.2, 0) is 4.79 Å². The van der Waals surface area contributed by atoms with Crippen LogP contribution in [0.15, 0.2) is 18.3 Å². The monoisotopic (exact) mass is 249 g/mol. The van der Waals surface area contributed by atoms with Gasteiger partial charge < -0.3 is 16.2 Å². The Hall–Kier alpha value is -1.62. The molecule has 4 N–H and O–H groups in total. The minimum absolute atomic E-state index is 0.0203. The molecule has 1 aliphatic rings. The van der Waals surface area contributed by atoms with E-state index in [1.807, 2.05) is 0 Å². The molecule has 1 saturated carbocycles. The zero-order valence-electron chi connectivity index (χ0n) is 10.3. The lowest BCUT2D eigenvalue weighted by atomic mass is 9.94. The number of nitrogens with zero attached hydrogens (tertiary/aromatic N) is 1. The largest absolute Gasteiger partial charge is 0.504 e. The molecule has 1 amide bonds. The molecular weight excluding hydrogens is 230 g/mol. The molecule has 1 aromatic rings. The fourth-order valence-electron chi connectivity index (χ4n) is 2.36. The van der Waals surface area contributed by atoms with Crippen LogP contribution in [0.1, 0.15) is 32.1 Å². The lowest BCUT2D eigenvalue weighted by Gasteiger charge is -2.20. The van der Waals surface area contributed by atoms with Gasteiger partial charge >= 0.3 is 0 Å². The first-order valence-corrected chi connectivity index (χ1v) is 6.39. The van der Waals surface area contributed by atoms with Gasteiger partial charge in [-0.2, -0.15) is 0 Å². The summed E-state index contributed by atoms with van der Waals surface area (Å²) in [5.41, 5.74) is 6.03. The Bertz CT molecular complexity index is 422. The summed E-state index contributed by atoms with van der Waals surface area (Å²) in [5, 5.41) is 12.2. The number of pyridine rings is 1. The normalized spacial score (nSPS) is 24.3. The Balaban J connectivity index is 2.04. The second-order valence-corrected chi connectivity index (χ2v) is 4.77. The van der Waals surface area contributed by atoms with Gasteiger partial charge in [0.2, 0.25) is 5.91 Å². The van der Waals surface area contributed by atoms with Gasteiger partial charge in [-0.3, -0.25) is 4.79 Å². The molecular formula is C13H19N3O2. The second-order valence-electron chi connectivity index (χ2n) is 4.77. The lowest BCUT2D eigenvalue weighted by molar-refractivity contribution is -0.120. The molecule has 0 saturated heterocycles. The van der Waals surface area contributed by atoms with E-state index in [-0.39, 0.29) is 29.4 Å². The molecule has 2 rings (SSSR count). The van der Waals surface area contributed by atoms with E-state index in [0.717, 1.165) is 32.1 Å². The zero-order valence-corrected chi connectivity index (χ0v) is 10.3. The van der Waals surface area contributed by atoms with Gasteiger partial charge in [-0.1, -0.05) is 19.3 Å². The predicted octanol–water partition coefficient (Wildman–Crippen LogP) is 1.63. The van der Waals surface area contributed by atoms with E-state index in [1.54, 1.807) is 6.07 Å². The highest BCUT2D eigenvalue weighted by Gasteiger charge is 2.27. The highest BCUT2D eigenvalue weighted by molar-refractivity contribution is 5.93. The minimum atomic E-state index is -0.186. The van der Waals surface area contributed by atoms with Gasteiger partial charge in [0, 0.05) is 12.2 Å². The molecule has 1 aromatic heterocycles. The van der Waals surface area contributed by atoms with E-state index >= 15 is 0 Å². The third kappa shape index (κ3) is 2.98. The number of aromatic nitrogens is 1. The van der Waals surface area contributed by atoms with Crippen LogP contribution in [0.25, 0.3) is 0 Å². The van der Waals surface area contributed by atoms with Crippen LogP contribution in [-0.4, -0.2) is 22.0 Å². The van der Waals surface area contributed by atoms with Crippen LogP contribution in [0.2, 0.25) is 0 Å². The summed E-state index contributed by atoms with van der Waals surface area (Å²) in [6.07, 6.45) is 6.46. The second kappa shape index (κ2) is 5.82. The van der Waals surface area contributed by atoms with Crippen LogP contribution >= 0.6 is 0 Å². The number of aromatic hydroxyl groups is 1. The van der Waals surface area contributed by atoms with Gasteiger partial charge in [-0.15, -0.1) is 0 Å². The summed E-state index contributed by atoms with van der Waals surface area (Å²) < 4.78 is 0. The fraction of sp³-hybridized carbons (Fsp3) is 0.538. The van der Waals surface area contributed by atoms with Crippen molar-refractivity contribution < 1.29 is 9.90 Å². The molecule has 2 unspecified atom stereocenters. The van der Waals surface area contributed by atoms with Crippen molar-refractivity contribution in [1.82, 2.24) is 4.98 Å². The molecule has 18 heavy (non-hydrogen) atoms. The number of amides is 1. The lowest BCUT2D eigenvalue weighted by Crippen LogP contribution is -2.37. The molecule has 1 fully saturated rings. The van der Waals surface area contributed by atoms with Crippen LogP contribution < -0.4 is 11.1 Å². The SMILES string of the molecule is NC1CCCCCC1C(=O)Nc1ncccc1O. The number of carbonyl (C=O) groups is 1. The summed E-state index contributed by atoms with van der Waals surface area (Å²) in [5.74, 6) is -0.140. The number of nitrogens with two attached hydrogens (primary N) is 1. The number of hydrogen-bond donors (Lipinski definition) is 3. The third-order valence-corrected chi connectivity index (χ3v) is 3.43. The first-order valence-electron chi connectivity index (χ1n) is 6.39. The highest BCUT2D eigenvalue weighted by atomic mass is 16.3. The molecule has 5 nitrogen and oxygen atoms in total. The molecule has 0 radical (unpaired) electrons. The molecule has 98 valence electrons. The number of carbonyl (C=O) groups excluding carboxylic acids is 1. The van der Waals surface area contributed by atoms with Gasteiger partial charge in [-0.05, 0) is 25.0 Å². The van der Waals surface area contributed by atoms with E-state index in [1.165, 1.54) is 12.3 Å². The van der Waals surface area contributed by atoms with Crippen molar-refractivity contribution in [3.63, 3.8) is 0 Å². The van der Waals surface area contributed by atoms with Crippen molar-refractivity contribution in [2.45, 2.75) is 38.1 Å². The zero-order chi connectivity index (χ0) is 13.0. The van der Waals surface area contributed by atoms with E-state index in [9.17, 15) is 9.90 Å². The molecule has 0 aromatic carbocycles. The topological polar surface area (TPSA) is 88.2 Å². The number of nitrogens with one attached hydrogen (secondary N) is 1. The summed E-state index contributed by atoms with van der Waals surface area (Å²) in [4.78, 5) is 16.1. The van der Waals surface area contributed by atoms with Crippen molar-refractivity contribution in [2.75, 3.05) is 5.32 Å². The van der Waals surface area contributed by atoms with Gasteiger partial charge in [0.15, 0.2) is 11.6 Å². The first kappa shape index (κ1) is 12.8. The van der Waals surface area contributed by atoms with Gasteiger partial charge in [0.1, 0.15) is 0 Å². The maximum Gasteiger partial charge on any atom is 0.230 e. The van der Waals surface area contributed by atoms with Crippen molar-refractivity contribution in [3.8, 4) is 5.75 Å². The maximum absolute atomic E-state index is 12.1. The third-order valence-electron chi connectivity index (χ3n) is 3.43. The highest BCUT2D eigenvalue weighted by Crippen LogP contribution is 2.25. The van der Waals surface area contributed by atoms with Crippen molar-refractivity contribution >= 4 is 11.7 Å². The van der Waals surface area contributed by atoms with Crippen LogP contribution in [0.5, 0.6) is 5.75 Å². The first-order chi connectivity index (χ1) is 8.68. The van der Waals surface area contributed by atoms with Crippen molar-refractivity contribution in [2.24, 2.45) is 11.7 Å². The number of anilines is 1. The molecule has 0 bridgehead atoms. The summed E-state index contributed by atoms with van der Waals surface area (Å²) >= 11 is 0. The van der Waals surface area contributed by atoms with Gasteiger partial charge in [0.25, 0.3) is 0 Å². The van der Waals surface area contributed by atoms with E-state index < -0.39 is 0 Å². The average molecular weight is 249 g/mol. The van der Waals surface area contributed by atoms with Crippen molar-refractivity contribution in [3.05, 3.63) is 18.3 Å². The molecule has 0 aliphatic heterocycles. The van der Waals surface area contributed by atoms with Crippen LogP contribution in [0, 0.1) is 5.92 Å². The molecule has 1 aliphatic carbocycles. The van der Waals surface area contributed by atoms with Crippen molar-refractivity contribution in [1.29, 1.82) is 0 Å². The molecule has 0 spiro atoms. The summed E-state index contributed by atoms with van der Waals surface area (Å²) in [6.45, 7) is 0.